The van der Waals surface area contributed by atoms with Gasteiger partial charge in [0.1, 0.15) is 11.4 Å². The van der Waals surface area contributed by atoms with E-state index in [1.165, 1.54) is 6.20 Å². The number of aromatic nitrogens is 1. The molecule has 1 aliphatic heterocycles. The van der Waals surface area contributed by atoms with Crippen molar-refractivity contribution in [2.24, 2.45) is 5.73 Å². The second-order valence-corrected chi connectivity index (χ2v) is 4.68. The molecule has 1 aromatic rings. The van der Waals surface area contributed by atoms with Crippen molar-refractivity contribution in [1.82, 2.24) is 15.6 Å². The van der Waals surface area contributed by atoms with Gasteiger partial charge in [0.25, 0.3) is 5.91 Å². The van der Waals surface area contributed by atoms with Gasteiger partial charge in [0.2, 0.25) is 5.91 Å². The molecule has 114 valence electrons. The molecule has 2 rings (SSSR count). The van der Waals surface area contributed by atoms with E-state index >= 15 is 0 Å². The maximum absolute atomic E-state index is 11.1. The number of amides is 2. The largest absolute Gasteiger partial charge is 0.495 e. The number of carbonyl (C=O) groups excluding carboxylic acids is 2. The quantitative estimate of drug-likeness (QED) is 0.696. The minimum atomic E-state index is -0.572. The highest BCUT2D eigenvalue weighted by Crippen LogP contribution is 2.17. The van der Waals surface area contributed by atoms with Crippen molar-refractivity contribution < 1.29 is 18.6 Å². The SMILES string of the molecule is COc1cnc(C(N)=O)cc1CNC[C@H]1CCC(=O)N1.[HH].[HH].[HH]. The molecule has 1 saturated heterocycles. The molecule has 1 aromatic heterocycles. The molecule has 1 atom stereocenters. The fourth-order valence-corrected chi connectivity index (χ4v) is 2.15. The number of carbonyl (C=O) groups is 2. The Balaban J connectivity index is 0. The predicted octanol–water partition coefficient (Wildman–Crippen LogP) is 0.295. The fourth-order valence-electron chi connectivity index (χ4n) is 2.15. The Hall–Kier alpha value is -2.15. The van der Waals surface area contributed by atoms with Crippen LogP contribution in [0.25, 0.3) is 0 Å². The highest BCUT2D eigenvalue weighted by Gasteiger charge is 2.20. The van der Waals surface area contributed by atoms with Gasteiger partial charge >= 0.3 is 0 Å². The zero-order valence-corrected chi connectivity index (χ0v) is 11.3. The molecule has 0 spiro atoms. The van der Waals surface area contributed by atoms with Crippen LogP contribution in [0.3, 0.4) is 0 Å². The zero-order chi connectivity index (χ0) is 14.5. The van der Waals surface area contributed by atoms with E-state index in [1.807, 2.05) is 0 Å². The van der Waals surface area contributed by atoms with Crippen molar-refractivity contribution in [3.05, 3.63) is 23.5 Å². The fraction of sp³-hybridized carbons (Fsp3) is 0.462. The van der Waals surface area contributed by atoms with Crippen molar-refractivity contribution in [3.63, 3.8) is 0 Å². The molecule has 0 unspecified atom stereocenters. The molecule has 4 N–H and O–H groups in total. The number of hydrogen-bond acceptors (Lipinski definition) is 5. The highest BCUT2D eigenvalue weighted by molar-refractivity contribution is 5.91. The van der Waals surface area contributed by atoms with E-state index in [-0.39, 0.29) is 21.9 Å². The summed E-state index contributed by atoms with van der Waals surface area (Å²) in [5.41, 5.74) is 6.22. The molecule has 1 fully saturated rings. The molecule has 7 nitrogen and oxygen atoms in total. The third kappa shape index (κ3) is 3.45. The molecule has 1 aliphatic rings. The summed E-state index contributed by atoms with van der Waals surface area (Å²) in [6, 6.07) is 1.77. The monoisotopic (exact) mass is 284 g/mol. The minimum Gasteiger partial charge on any atom is -0.495 e. The van der Waals surface area contributed by atoms with Crippen molar-refractivity contribution in [2.75, 3.05) is 13.7 Å². The summed E-state index contributed by atoms with van der Waals surface area (Å²) in [7, 11) is 1.54. The smallest absolute Gasteiger partial charge is 0.267 e. The van der Waals surface area contributed by atoms with Crippen LogP contribution < -0.4 is 21.1 Å². The van der Waals surface area contributed by atoms with Gasteiger partial charge in [-0.1, -0.05) is 0 Å². The van der Waals surface area contributed by atoms with Crippen molar-refractivity contribution in [3.8, 4) is 5.75 Å². The number of methoxy groups -OCH3 is 1. The lowest BCUT2D eigenvalue weighted by Crippen LogP contribution is -2.35. The van der Waals surface area contributed by atoms with Crippen LogP contribution in [0.2, 0.25) is 0 Å². The second-order valence-electron chi connectivity index (χ2n) is 4.68. The number of nitrogens with two attached hydrogens (primary N) is 1. The maximum Gasteiger partial charge on any atom is 0.267 e. The van der Waals surface area contributed by atoms with Crippen LogP contribution in [-0.4, -0.2) is 36.5 Å². The van der Waals surface area contributed by atoms with Crippen LogP contribution >= 0.6 is 0 Å². The molecule has 0 bridgehead atoms. The summed E-state index contributed by atoms with van der Waals surface area (Å²) >= 11 is 0. The first-order chi connectivity index (χ1) is 9.60. The number of nitrogens with one attached hydrogen (secondary N) is 2. The Bertz CT molecular complexity index is 531. The molecule has 2 heterocycles. The van der Waals surface area contributed by atoms with E-state index in [0.717, 1.165) is 12.0 Å². The minimum absolute atomic E-state index is 0. The summed E-state index contributed by atoms with van der Waals surface area (Å²) in [6.07, 6.45) is 2.90. The molecular weight excluding hydrogens is 260 g/mol. The summed E-state index contributed by atoms with van der Waals surface area (Å²) in [6.45, 7) is 1.18. The van der Waals surface area contributed by atoms with Gasteiger partial charge in [-0.25, -0.2) is 4.98 Å². The molecule has 0 radical (unpaired) electrons. The van der Waals surface area contributed by atoms with Crippen molar-refractivity contribution in [1.29, 1.82) is 0 Å². The van der Waals surface area contributed by atoms with Gasteiger partial charge in [-0.3, -0.25) is 9.59 Å². The van der Waals surface area contributed by atoms with Crippen LogP contribution in [0.5, 0.6) is 5.75 Å². The Labute approximate surface area is 121 Å². The van der Waals surface area contributed by atoms with Gasteiger partial charge in [0, 0.05) is 35.4 Å². The van der Waals surface area contributed by atoms with Gasteiger partial charge < -0.3 is 21.1 Å². The lowest BCUT2D eigenvalue weighted by atomic mass is 10.2. The number of primary amides is 1. The lowest BCUT2D eigenvalue weighted by molar-refractivity contribution is -0.119. The number of hydrogen-bond donors (Lipinski definition) is 3. The summed E-state index contributed by atoms with van der Waals surface area (Å²) < 4.78 is 5.20. The molecular formula is C13H24N4O3. The normalized spacial score (nSPS) is 17.9. The maximum atomic E-state index is 11.1. The topological polar surface area (TPSA) is 106 Å². The third-order valence-corrected chi connectivity index (χ3v) is 3.21. The van der Waals surface area contributed by atoms with Gasteiger partial charge in [-0.2, -0.15) is 0 Å². The van der Waals surface area contributed by atoms with E-state index in [2.05, 4.69) is 15.6 Å². The number of nitrogens with zero attached hydrogens (tertiary/aromatic N) is 1. The Morgan fingerprint density at radius 3 is 3.10 bits per heavy atom. The summed E-state index contributed by atoms with van der Waals surface area (Å²) in [5, 5.41) is 6.11. The summed E-state index contributed by atoms with van der Waals surface area (Å²) in [5.74, 6) is 0.115. The van der Waals surface area contributed by atoms with Crippen molar-refractivity contribution in [2.45, 2.75) is 25.4 Å². The van der Waals surface area contributed by atoms with Gasteiger partial charge in [-0.15, -0.1) is 0 Å². The van der Waals surface area contributed by atoms with Crippen LogP contribution in [0.4, 0.5) is 0 Å². The van der Waals surface area contributed by atoms with Crippen LogP contribution in [-0.2, 0) is 11.3 Å². The molecule has 0 saturated carbocycles. The molecule has 2 amide bonds. The van der Waals surface area contributed by atoms with E-state index in [9.17, 15) is 9.59 Å². The highest BCUT2D eigenvalue weighted by atomic mass is 16.5. The predicted molar refractivity (Wildman–Crippen MR) is 78.5 cm³/mol. The molecule has 7 heteroatoms. The Kier molecular flexibility index (Phi) is 4.52. The number of rotatable bonds is 6. The van der Waals surface area contributed by atoms with Gasteiger partial charge in [-0.05, 0) is 12.5 Å². The van der Waals surface area contributed by atoms with E-state index in [1.54, 1.807) is 13.2 Å². The third-order valence-electron chi connectivity index (χ3n) is 3.21. The average molecular weight is 284 g/mol. The summed E-state index contributed by atoms with van der Waals surface area (Å²) in [4.78, 5) is 26.1. The van der Waals surface area contributed by atoms with E-state index in [0.29, 0.717) is 25.3 Å². The Morgan fingerprint density at radius 1 is 1.70 bits per heavy atom. The molecule has 20 heavy (non-hydrogen) atoms. The average Bonchev–Trinajstić information content (AvgIpc) is 2.84. The first-order valence-electron chi connectivity index (χ1n) is 6.43. The van der Waals surface area contributed by atoms with E-state index < -0.39 is 5.91 Å². The van der Waals surface area contributed by atoms with Crippen LogP contribution in [0.1, 0.15) is 33.2 Å². The van der Waals surface area contributed by atoms with Crippen LogP contribution in [0.15, 0.2) is 12.3 Å². The second kappa shape index (κ2) is 6.33. The van der Waals surface area contributed by atoms with Crippen molar-refractivity contribution >= 4 is 11.8 Å². The van der Waals surface area contributed by atoms with Gasteiger partial charge in [0.05, 0.1) is 13.3 Å². The number of ether oxygens (including phenoxy) is 1. The molecule has 0 aliphatic carbocycles. The Morgan fingerprint density at radius 2 is 2.50 bits per heavy atom. The number of pyridine rings is 1. The lowest BCUT2D eigenvalue weighted by Gasteiger charge is -2.13. The first-order valence-corrected chi connectivity index (χ1v) is 6.43. The van der Waals surface area contributed by atoms with E-state index in [4.69, 9.17) is 10.5 Å². The zero-order valence-electron chi connectivity index (χ0n) is 11.3. The standard InChI is InChI=1S/C13H18N4O3.3H2/c1-20-11-7-16-10(13(14)19)4-8(11)5-15-6-9-2-3-12(18)17-9;;;/h4,7,9,15H,2-3,5-6H2,1H3,(H2,14,19)(H,17,18);3*1H/t9-;;;/m1.../s1. The first kappa shape index (κ1) is 14.3. The molecule has 0 aromatic carbocycles. The van der Waals surface area contributed by atoms with Gasteiger partial charge in [0.15, 0.2) is 0 Å². The van der Waals surface area contributed by atoms with Crippen LogP contribution in [0, 0.1) is 0 Å².